The van der Waals surface area contributed by atoms with Gasteiger partial charge in [-0.25, -0.2) is 0 Å². The van der Waals surface area contributed by atoms with Crippen LogP contribution in [0.3, 0.4) is 0 Å². The minimum Gasteiger partial charge on any atom is -0.461 e. The van der Waals surface area contributed by atoms with E-state index < -0.39 is 18.2 Å². The second kappa shape index (κ2) is 51.0. The first-order chi connectivity index (χ1) is 31.5. The Morgan fingerprint density at radius 3 is 1.36 bits per heavy atom. The van der Waals surface area contributed by atoms with Gasteiger partial charge in [0.2, 0.25) is 5.91 Å². The van der Waals surface area contributed by atoms with Crippen LogP contribution in [0.15, 0.2) is 85.1 Å². The van der Waals surface area contributed by atoms with E-state index in [2.05, 4.69) is 99.0 Å². The Morgan fingerprint density at radius 2 is 0.875 bits per heavy atom. The summed E-state index contributed by atoms with van der Waals surface area (Å²) in [6.45, 7) is 6.31. The summed E-state index contributed by atoms with van der Waals surface area (Å²) in [5, 5.41) is 23.7. The lowest BCUT2D eigenvalue weighted by molar-refractivity contribution is -0.150. The molecule has 0 aliphatic rings. The number of carbonyl (C=O) groups excluding carboxylic acids is 2. The Morgan fingerprint density at radius 1 is 0.484 bits per heavy atom. The van der Waals surface area contributed by atoms with Crippen molar-refractivity contribution >= 4 is 11.9 Å². The Bertz CT molecular complexity index is 1230. The number of carbonyl (C=O) groups is 2. The van der Waals surface area contributed by atoms with Gasteiger partial charge in [-0.2, -0.15) is 0 Å². The summed E-state index contributed by atoms with van der Waals surface area (Å²) in [6.07, 6.45) is 66.6. The molecular formula is C58H101NO5. The molecule has 3 atom stereocenters. The molecule has 0 aliphatic heterocycles. The van der Waals surface area contributed by atoms with Crippen molar-refractivity contribution in [2.45, 2.75) is 264 Å². The molecule has 0 rings (SSSR count). The monoisotopic (exact) mass is 892 g/mol. The van der Waals surface area contributed by atoms with Gasteiger partial charge in [-0.3, -0.25) is 9.59 Å². The molecule has 1 amide bonds. The van der Waals surface area contributed by atoms with Gasteiger partial charge in [0, 0.05) is 12.8 Å². The number of rotatable bonds is 47. The summed E-state index contributed by atoms with van der Waals surface area (Å²) in [6, 6.07) is -0.736. The second-order valence-corrected chi connectivity index (χ2v) is 17.9. The van der Waals surface area contributed by atoms with Crippen LogP contribution in [0.25, 0.3) is 0 Å². The van der Waals surface area contributed by atoms with E-state index >= 15 is 0 Å². The van der Waals surface area contributed by atoms with Gasteiger partial charge in [0.05, 0.1) is 25.2 Å². The third kappa shape index (κ3) is 45.6. The number of hydrogen-bond donors (Lipinski definition) is 3. The highest BCUT2D eigenvalue weighted by Crippen LogP contribution is 2.16. The molecule has 0 radical (unpaired) electrons. The average Bonchev–Trinajstić information content (AvgIpc) is 3.29. The summed E-state index contributed by atoms with van der Waals surface area (Å²) in [5.74, 6) is -0.586. The van der Waals surface area contributed by atoms with Gasteiger partial charge in [0.1, 0.15) is 6.10 Å². The SMILES string of the molecule is CC/C=C\C/C=C\C/C=C\C/C=C\C/C=C\CC(CC(=O)NC(CO)C(O)CCCCCCCCCCCCC)OC(=O)CCCCCCCCCCC/C=C\C/C=C\CCCCC. The quantitative estimate of drug-likeness (QED) is 0.0321. The molecule has 0 fully saturated rings. The van der Waals surface area contributed by atoms with Gasteiger partial charge < -0.3 is 20.3 Å². The molecule has 0 bridgehead atoms. The lowest BCUT2D eigenvalue weighted by atomic mass is 10.0. The lowest BCUT2D eigenvalue weighted by Crippen LogP contribution is -2.46. The summed E-state index contributed by atoms with van der Waals surface area (Å²) < 4.78 is 5.88. The van der Waals surface area contributed by atoms with Crippen LogP contribution >= 0.6 is 0 Å². The minimum absolute atomic E-state index is 0.00542. The van der Waals surface area contributed by atoms with E-state index in [0.29, 0.717) is 19.3 Å². The molecule has 0 heterocycles. The van der Waals surface area contributed by atoms with Gasteiger partial charge >= 0.3 is 5.97 Å². The molecule has 64 heavy (non-hydrogen) atoms. The van der Waals surface area contributed by atoms with Crippen molar-refractivity contribution in [2.75, 3.05) is 6.61 Å². The summed E-state index contributed by atoms with van der Waals surface area (Å²) in [4.78, 5) is 26.1. The molecule has 0 aromatic carbocycles. The van der Waals surface area contributed by atoms with Crippen molar-refractivity contribution in [3.05, 3.63) is 85.1 Å². The maximum atomic E-state index is 13.2. The molecule has 0 saturated heterocycles. The predicted octanol–water partition coefficient (Wildman–Crippen LogP) is 16.3. The highest BCUT2D eigenvalue weighted by atomic mass is 16.5. The molecule has 0 spiro atoms. The molecular weight excluding hydrogens is 791 g/mol. The number of aliphatic hydroxyl groups is 2. The number of ether oxygens (including phenoxy) is 1. The number of esters is 1. The van der Waals surface area contributed by atoms with Crippen molar-refractivity contribution in [3.63, 3.8) is 0 Å². The van der Waals surface area contributed by atoms with Gasteiger partial charge in [0.25, 0.3) is 0 Å². The fourth-order valence-electron chi connectivity index (χ4n) is 7.66. The zero-order valence-electron chi connectivity index (χ0n) is 41.9. The number of hydrogen-bond acceptors (Lipinski definition) is 5. The van der Waals surface area contributed by atoms with Crippen molar-refractivity contribution < 1.29 is 24.5 Å². The van der Waals surface area contributed by atoms with E-state index in [1.807, 2.05) is 12.2 Å². The second-order valence-electron chi connectivity index (χ2n) is 17.9. The van der Waals surface area contributed by atoms with Crippen LogP contribution in [0.2, 0.25) is 0 Å². The first-order valence-electron chi connectivity index (χ1n) is 26.8. The van der Waals surface area contributed by atoms with Crippen LogP contribution in [0.4, 0.5) is 0 Å². The van der Waals surface area contributed by atoms with Crippen LogP contribution in [0.5, 0.6) is 0 Å². The number of nitrogens with one attached hydrogen (secondary N) is 1. The highest BCUT2D eigenvalue weighted by Gasteiger charge is 2.23. The molecule has 6 heteroatoms. The largest absolute Gasteiger partial charge is 0.461 e. The highest BCUT2D eigenvalue weighted by molar-refractivity contribution is 5.77. The van der Waals surface area contributed by atoms with Crippen molar-refractivity contribution in [2.24, 2.45) is 0 Å². The molecule has 0 aliphatic carbocycles. The summed E-state index contributed by atoms with van der Waals surface area (Å²) in [7, 11) is 0. The fraction of sp³-hybridized carbons (Fsp3) is 0.724. The Hall–Kier alpha value is -2.96. The number of unbranched alkanes of at least 4 members (excludes halogenated alkanes) is 22. The summed E-state index contributed by atoms with van der Waals surface area (Å²) in [5.41, 5.74) is 0. The molecule has 368 valence electrons. The maximum absolute atomic E-state index is 13.2. The maximum Gasteiger partial charge on any atom is 0.306 e. The van der Waals surface area contributed by atoms with E-state index in [-0.39, 0.29) is 24.9 Å². The van der Waals surface area contributed by atoms with Gasteiger partial charge in [0.15, 0.2) is 0 Å². The van der Waals surface area contributed by atoms with Crippen LogP contribution in [0.1, 0.15) is 245 Å². The standard InChI is InChI=1S/C58H101NO5/c1-4-7-10-13-16-19-22-24-26-27-28-29-31-33-36-39-42-45-48-51-58(63)64-54(49-46-43-40-37-35-32-30-25-23-20-17-14-11-8-5-2)52-57(62)59-55(53-60)56(61)50-47-44-41-38-34-21-18-15-12-9-6-3/h8,11,16-17,19-20,24-26,30,35,37,43,46,54-56,60-61H,4-7,9-10,12-15,18,21-23,27-29,31-34,36,38-42,44-45,47-53H2,1-3H3,(H,59,62)/b11-8-,19-16-,20-17-,26-24-,30-25-,37-35-,46-43-. The molecule has 3 N–H and O–H groups in total. The topological polar surface area (TPSA) is 95.9 Å². The van der Waals surface area contributed by atoms with Crippen molar-refractivity contribution in [1.82, 2.24) is 5.32 Å². The van der Waals surface area contributed by atoms with Gasteiger partial charge in [-0.1, -0.05) is 234 Å². The third-order valence-electron chi connectivity index (χ3n) is 11.7. The first kappa shape index (κ1) is 61.0. The van der Waals surface area contributed by atoms with Crippen LogP contribution in [0, 0.1) is 0 Å². The average molecular weight is 892 g/mol. The normalized spacial score (nSPS) is 13.9. The molecule has 0 saturated carbocycles. The number of aliphatic hydroxyl groups excluding tert-OH is 2. The first-order valence-corrected chi connectivity index (χ1v) is 26.8. The van der Waals surface area contributed by atoms with Crippen LogP contribution in [-0.2, 0) is 14.3 Å². The number of amides is 1. The lowest BCUT2D eigenvalue weighted by Gasteiger charge is -2.24. The third-order valence-corrected chi connectivity index (χ3v) is 11.7. The smallest absolute Gasteiger partial charge is 0.306 e. The van der Waals surface area contributed by atoms with E-state index in [1.165, 1.54) is 122 Å². The Kier molecular flexibility index (Phi) is 48.7. The van der Waals surface area contributed by atoms with E-state index in [9.17, 15) is 19.8 Å². The zero-order valence-corrected chi connectivity index (χ0v) is 41.9. The Labute approximate surface area is 395 Å². The van der Waals surface area contributed by atoms with Crippen molar-refractivity contribution in [3.8, 4) is 0 Å². The number of allylic oxidation sites excluding steroid dienone is 13. The predicted molar refractivity (Wildman–Crippen MR) is 278 cm³/mol. The van der Waals surface area contributed by atoms with Crippen LogP contribution < -0.4 is 5.32 Å². The fourth-order valence-corrected chi connectivity index (χ4v) is 7.66. The van der Waals surface area contributed by atoms with Crippen LogP contribution in [-0.4, -0.2) is 46.9 Å². The van der Waals surface area contributed by atoms with Crippen molar-refractivity contribution in [1.29, 1.82) is 0 Å². The molecule has 0 aromatic heterocycles. The minimum atomic E-state index is -0.815. The van der Waals surface area contributed by atoms with E-state index in [4.69, 9.17) is 4.74 Å². The van der Waals surface area contributed by atoms with E-state index in [1.54, 1.807) is 0 Å². The van der Waals surface area contributed by atoms with E-state index in [0.717, 1.165) is 77.0 Å². The van der Waals surface area contributed by atoms with Gasteiger partial charge in [-0.05, 0) is 77.0 Å². The summed E-state index contributed by atoms with van der Waals surface area (Å²) >= 11 is 0. The van der Waals surface area contributed by atoms with Gasteiger partial charge in [-0.15, -0.1) is 0 Å². The molecule has 0 aromatic rings. The zero-order chi connectivity index (χ0) is 46.7. The molecule has 3 unspecified atom stereocenters. The molecule has 6 nitrogen and oxygen atoms in total. The Balaban J connectivity index is 4.68.